The second-order valence-corrected chi connectivity index (χ2v) is 5.99. The first kappa shape index (κ1) is 16.2. The Morgan fingerprint density at radius 3 is 2.29 bits per heavy atom. The van der Waals surface area contributed by atoms with E-state index in [0.717, 1.165) is 11.1 Å². The lowest BCUT2D eigenvalue weighted by Crippen LogP contribution is -2.46. The number of aliphatic carboxylic acids is 1. The van der Waals surface area contributed by atoms with Crippen LogP contribution in [0.5, 0.6) is 0 Å². The van der Waals surface area contributed by atoms with Gasteiger partial charge in [-0.1, -0.05) is 60.7 Å². The largest absolute Gasteiger partial charge is 0.480 e. The van der Waals surface area contributed by atoms with Crippen LogP contribution in [0.3, 0.4) is 0 Å². The Hall–Kier alpha value is -2.66. The maximum Gasteiger partial charge on any atom is 0.326 e. The van der Waals surface area contributed by atoms with Crippen LogP contribution >= 0.6 is 0 Å². The molecule has 0 saturated carbocycles. The van der Waals surface area contributed by atoms with E-state index in [4.69, 9.17) is 0 Å². The summed E-state index contributed by atoms with van der Waals surface area (Å²) in [6.45, 7) is 1.76. The second-order valence-electron chi connectivity index (χ2n) is 5.99. The Bertz CT molecular complexity index is 718. The molecule has 1 aliphatic heterocycles. The van der Waals surface area contributed by atoms with E-state index in [1.807, 2.05) is 60.7 Å². The first-order valence-electron chi connectivity index (χ1n) is 7.98. The van der Waals surface area contributed by atoms with Crippen molar-refractivity contribution in [3.05, 3.63) is 71.8 Å². The molecule has 1 saturated heterocycles. The number of rotatable bonds is 5. The van der Waals surface area contributed by atoms with Crippen molar-refractivity contribution in [3.8, 4) is 0 Å². The molecule has 124 valence electrons. The van der Waals surface area contributed by atoms with Crippen molar-refractivity contribution in [3.63, 3.8) is 0 Å². The number of nitrogens with one attached hydrogen (secondary N) is 1. The molecule has 5 heteroatoms. The molecule has 1 aliphatic rings. The number of carboxylic acids is 1. The molecule has 3 atom stereocenters. The Balaban J connectivity index is 1.94. The average Bonchev–Trinajstić information content (AvgIpc) is 2.89. The number of carbonyl (C=O) groups excluding carboxylic acids is 1. The molecule has 2 N–H and O–H groups in total. The summed E-state index contributed by atoms with van der Waals surface area (Å²) in [6, 6.07) is 17.5. The Labute approximate surface area is 140 Å². The van der Waals surface area contributed by atoms with Crippen LogP contribution in [0.1, 0.15) is 24.2 Å². The van der Waals surface area contributed by atoms with E-state index < -0.39 is 24.2 Å². The molecular weight excluding hydrogens is 304 g/mol. The summed E-state index contributed by atoms with van der Waals surface area (Å²) < 4.78 is 0. The van der Waals surface area contributed by atoms with Crippen LogP contribution in [-0.2, 0) is 16.0 Å². The zero-order valence-corrected chi connectivity index (χ0v) is 13.4. The maximum atomic E-state index is 12.6. The lowest BCUT2D eigenvalue weighted by atomic mass is 10.0. The summed E-state index contributed by atoms with van der Waals surface area (Å²) in [7, 11) is 0. The summed E-state index contributed by atoms with van der Waals surface area (Å²) in [5.41, 5.74) is 1.78. The highest BCUT2D eigenvalue weighted by atomic mass is 16.4. The SMILES string of the molecule is CC1NC(c2ccccc2)N(C(Cc2ccccc2)C(=O)O)C1=O. The molecule has 0 bridgehead atoms. The van der Waals surface area contributed by atoms with Crippen molar-refractivity contribution >= 4 is 11.9 Å². The monoisotopic (exact) mass is 324 g/mol. The summed E-state index contributed by atoms with van der Waals surface area (Å²) in [4.78, 5) is 26.0. The predicted molar refractivity (Wildman–Crippen MR) is 90.2 cm³/mol. The van der Waals surface area contributed by atoms with E-state index in [-0.39, 0.29) is 12.3 Å². The maximum absolute atomic E-state index is 12.6. The minimum Gasteiger partial charge on any atom is -0.480 e. The first-order valence-corrected chi connectivity index (χ1v) is 7.98. The summed E-state index contributed by atoms with van der Waals surface area (Å²) in [5, 5.41) is 12.9. The fourth-order valence-corrected chi connectivity index (χ4v) is 3.11. The van der Waals surface area contributed by atoms with Crippen LogP contribution in [0.4, 0.5) is 0 Å². The summed E-state index contributed by atoms with van der Waals surface area (Å²) in [6.07, 6.45) is -0.155. The third kappa shape index (κ3) is 3.16. The third-order valence-corrected chi connectivity index (χ3v) is 4.32. The van der Waals surface area contributed by atoms with Gasteiger partial charge in [-0.15, -0.1) is 0 Å². The number of hydrogen-bond acceptors (Lipinski definition) is 3. The molecule has 3 rings (SSSR count). The van der Waals surface area contributed by atoms with Crippen LogP contribution in [-0.4, -0.2) is 34.0 Å². The van der Waals surface area contributed by atoms with E-state index in [1.165, 1.54) is 4.90 Å². The van der Waals surface area contributed by atoms with E-state index >= 15 is 0 Å². The van der Waals surface area contributed by atoms with Gasteiger partial charge in [0.1, 0.15) is 12.2 Å². The van der Waals surface area contributed by atoms with E-state index in [2.05, 4.69) is 5.32 Å². The first-order chi connectivity index (χ1) is 11.6. The number of carbonyl (C=O) groups is 2. The molecule has 0 spiro atoms. The van der Waals surface area contributed by atoms with Crippen molar-refractivity contribution < 1.29 is 14.7 Å². The number of carboxylic acid groups (broad SMARTS) is 1. The van der Waals surface area contributed by atoms with Gasteiger partial charge < -0.3 is 10.0 Å². The number of nitrogens with zero attached hydrogens (tertiary/aromatic N) is 1. The van der Waals surface area contributed by atoms with Gasteiger partial charge in [0.05, 0.1) is 6.04 Å². The second kappa shape index (κ2) is 6.84. The highest BCUT2D eigenvalue weighted by Gasteiger charge is 2.43. The van der Waals surface area contributed by atoms with Crippen LogP contribution in [0.2, 0.25) is 0 Å². The molecule has 5 nitrogen and oxygen atoms in total. The fourth-order valence-electron chi connectivity index (χ4n) is 3.11. The Morgan fingerprint density at radius 1 is 1.12 bits per heavy atom. The van der Waals surface area contributed by atoms with Gasteiger partial charge in [0, 0.05) is 6.42 Å². The molecule has 2 aromatic rings. The summed E-state index contributed by atoms with van der Waals surface area (Å²) in [5.74, 6) is -1.18. The van der Waals surface area contributed by atoms with Gasteiger partial charge in [0.15, 0.2) is 0 Å². The zero-order valence-electron chi connectivity index (χ0n) is 13.4. The van der Waals surface area contributed by atoms with Gasteiger partial charge >= 0.3 is 5.97 Å². The molecule has 1 fully saturated rings. The fraction of sp³-hybridized carbons (Fsp3) is 0.263. The molecular formula is C19H20N2O3. The quantitative estimate of drug-likeness (QED) is 0.885. The van der Waals surface area contributed by atoms with Crippen LogP contribution < -0.4 is 5.32 Å². The topological polar surface area (TPSA) is 69.6 Å². The lowest BCUT2D eigenvalue weighted by molar-refractivity contribution is -0.150. The van der Waals surface area contributed by atoms with Gasteiger partial charge in [-0.05, 0) is 18.1 Å². The van der Waals surface area contributed by atoms with E-state index in [1.54, 1.807) is 6.92 Å². The molecule has 2 aromatic carbocycles. The zero-order chi connectivity index (χ0) is 17.1. The molecule has 3 unspecified atom stereocenters. The molecule has 1 heterocycles. The highest BCUT2D eigenvalue weighted by molar-refractivity contribution is 5.89. The van der Waals surface area contributed by atoms with Crippen LogP contribution in [0.15, 0.2) is 60.7 Å². The van der Waals surface area contributed by atoms with Crippen molar-refractivity contribution in [2.75, 3.05) is 0 Å². The Kier molecular flexibility index (Phi) is 4.62. The smallest absolute Gasteiger partial charge is 0.326 e. The normalized spacial score (nSPS) is 21.7. The Morgan fingerprint density at radius 2 is 1.71 bits per heavy atom. The van der Waals surface area contributed by atoms with Crippen molar-refractivity contribution in [2.45, 2.75) is 31.6 Å². The van der Waals surface area contributed by atoms with Crippen LogP contribution in [0.25, 0.3) is 0 Å². The molecule has 24 heavy (non-hydrogen) atoms. The van der Waals surface area contributed by atoms with Gasteiger partial charge in [0.25, 0.3) is 0 Å². The minimum absolute atomic E-state index is 0.188. The number of hydrogen-bond donors (Lipinski definition) is 2. The van der Waals surface area contributed by atoms with Gasteiger partial charge in [-0.3, -0.25) is 10.1 Å². The minimum atomic E-state index is -0.996. The van der Waals surface area contributed by atoms with Crippen LogP contribution in [0, 0.1) is 0 Å². The number of benzene rings is 2. The van der Waals surface area contributed by atoms with Gasteiger partial charge in [-0.25, -0.2) is 4.79 Å². The van der Waals surface area contributed by atoms with Crippen molar-refractivity contribution in [2.24, 2.45) is 0 Å². The standard InChI is InChI=1S/C19H20N2O3/c1-13-18(22)21(17(20-13)15-10-6-3-7-11-15)16(19(23)24)12-14-8-4-2-5-9-14/h2-11,13,16-17,20H,12H2,1H3,(H,23,24). The molecule has 0 radical (unpaired) electrons. The average molecular weight is 324 g/mol. The van der Waals surface area contributed by atoms with Crippen molar-refractivity contribution in [1.29, 1.82) is 0 Å². The lowest BCUT2D eigenvalue weighted by Gasteiger charge is -2.30. The summed E-state index contributed by atoms with van der Waals surface area (Å²) >= 11 is 0. The molecule has 1 amide bonds. The van der Waals surface area contributed by atoms with E-state index in [9.17, 15) is 14.7 Å². The van der Waals surface area contributed by atoms with E-state index in [0.29, 0.717) is 0 Å². The van der Waals surface area contributed by atoms with Crippen molar-refractivity contribution in [1.82, 2.24) is 10.2 Å². The molecule has 0 aliphatic carbocycles. The number of amides is 1. The highest BCUT2D eigenvalue weighted by Crippen LogP contribution is 2.29. The third-order valence-electron chi connectivity index (χ3n) is 4.32. The van der Waals surface area contributed by atoms with Gasteiger partial charge in [0.2, 0.25) is 5.91 Å². The van der Waals surface area contributed by atoms with Gasteiger partial charge in [-0.2, -0.15) is 0 Å². The predicted octanol–water partition coefficient (Wildman–Crippen LogP) is 2.20. The molecule has 0 aromatic heterocycles.